The molecule has 0 saturated carbocycles. The van der Waals surface area contributed by atoms with Gasteiger partial charge in [-0.2, -0.15) is 0 Å². The van der Waals surface area contributed by atoms with Crippen LogP contribution >= 0.6 is 0 Å². The van der Waals surface area contributed by atoms with Gasteiger partial charge in [-0.3, -0.25) is 0 Å². The zero-order valence-electron chi connectivity index (χ0n) is 20.4. The van der Waals surface area contributed by atoms with Gasteiger partial charge in [-0.15, -0.1) is 0 Å². The van der Waals surface area contributed by atoms with Gasteiger partial charge in [0.25, 0.3) is 0 Å². The highest BCUT2D eigenvalue weighted by Gasteiger charge is 2.28. The van der Waals surface area contributed by atoms with Crippen LogP contribution in [-0.4, -0.2) is 8.80 Å². The molecule has 0 spiro atoms. The van der Waals surface area contributed by atoms with E-state index in [9.17, 15) is 0 Å². The van der Waals surface area contributed by atoms with Crippen LogP contribution in [0.5, 0.6) is 0 Å². The molecule has 0 atom stereocenters. The Hall–Kier alpha value is -4.30. The minimum absolute atomic E-state index is 1.04. The second kappa shape index (κ2) is 6.27. The van der Waals surface area contributed by atoms with Crippen LogP contribution in [0.1, 0.15) is 25.0 Å². The maximum atomic E-state index is 2.55. The van der Waals surface area contributed by atoms with Crippen LogP contribution in [0, 0.1) is 0 Å². The van der Waals surface area contributed by atoms with Gasteiger partial charge in [0.05, 0.1) is 33.1 Å². The molecular weight excluding hydrogens is 436 g/mol. The minimum atomic E-state index is 1.04. The highest BCUT2D eigenvalue weighted by molar-refractivity contribution is 6.45. The second-order valence-corrected chi connectivity index (χ2v) is 10.3. The lowest BCUT2D eigenvalue weighted by atomic mass is 9.97. The average Bonchev–Trinajstić information content (AvgIpc) is 3.64. The van der Waals surface area contributed by atoms with Gasteiger partial charge in [-0.1, -0.05) is 74.5 Å². The number of aromatic nitrogens is 2. The molecular formula is C34H24N2. The van der Waals surface area contributed by atoms with Gasteiger partial charge >= 0.3 is 0 Å². The van der Waals surface area contributed by atoms with Gasteiger partial charge in [0.15, 0.2) is 0 Å². The van der Waals surface area contributed by atoms with Gasteiger partial charge in [0.2, 0.25) is 0 Å². The Morgan fingerprint density at radius 2 is 0.833 bits per heavy atom. The molecule has 0 fully saturated rings. The van der Waals surface area contributed by atoms with E-state index in [4.69, 9.17) is 0 Å². The fraction of sp³-hybridized carbons (Fsp3) is 0.118. The van der Waals surface area contributed by atoms with Crippen LogP contribution < -0.4 is 0 Å². The van der Waals surface area contributed by atoms with Crippen molar-refractivity contribution in [3.63, 3.8) is 0 Å². The summed E-state index contributed by atoms with van der Waals surface area (Å²) in [7, 11) is 0. The Balaban J connectivity index is 1.75. The highest BCUT2D eigenvalue weighted by atomic mass is 14.9. The third kappa shape index (κ3) is 1.96. The van der Waals surface area contributed by atoms with E-state index in [0.717, 1.165) is 12.8 Å². The summed E-state index contributed by atoms with van der Waals surface area (Å²) in [6.45, 7) is 4.49. The summed E-state index contributed by atoms with van der Waals surface area (Å²) in [4.78, 5) is 0. The SMILES string of the molecule is CCc1ccc2c3c4c5ccccc5n5c6cc(CC)ccc6c(c6c7ccccc7n(c2c1)c63)c45. The summed E-state index contributed by atoms with van der Waals surface area (Å²) in [6, 6.07) is 32.2. The van der Waals surface area contributed by atoms with Crippen molar-refractivity contribution >= 4 is 76.2 Å². The molecule has 0 N–H and O–H groups in total. The van der Waals surface area contributed by atoms with Crippen molar-refractivity contribution in [1.29, 1.82) is 0 Å². The first-order valence-electron chi connectivity index (χ1n) is 13.1. The van der Waals surface area contributed by atoms with E-state index in [1.54, 1.807) is 0 Å². The van der Waals surface area contributed by atoms with E-state index >= 15 is 0 Å². The normalized spacial score (nSPS) is 12.9. The molecule has 0 aliphatic rings. The molecule has 0 saturated heterocycles. The fourth-order valence-corrected chi connectivity index (χ4v) is 7.11. The number of fused-ring (bicyclic) bond motifs is 14. The number of benzene rings is 5. The van der Waals surface area contributed by atoms with Crippen LogP contribution in [0.4, 0.5) is 0 Å². The second-order valence-electron chi connectivity index (χ2n) is 10.3. The van der Waals surface area contributed by atoms with Crippen LogP contribution in [0.25, 0.3) is 76.2 Å². The molecule has 0 aliphatic heterocycles. The minimum Gasteiger partial charge on any atom is -0.308 e. The van der Waals surface area contributed by atoms with Crippen LogP contribution in [0.2, 0.25) is 0 Å². The molecule has 2 nitrogen and oxygen atoms in total. The van der Waals surface area contributed by atoms with Crippen molar-refractivity contribution in [2.75, 3.05) is 0 Å². The Kier molecular flexibility index (Phi) is 3.30. The molecule has 5 aromatic carbocycles. The van der Waals surface area contributed by atoms with Crippen molar-refractivity contribution < 1.29 is 0 Å². The number of hydrogen-bond acceptors (Lipinski definition) is 0. The number of hydrogen-bond donors (Lipinski definition) is 0. The van der Waals surface area contributed by atoms with Gasteiger partial charge in [0.1, 0.15) is 0 Å². The Labute approximate surface area is 207 Å². The van der Waals surface area contributed by atoms with E-state index in [1.165, 1.54) is 87.3 Å². The standard InChI is InChI=1S/C34H24N2/c1-3-19-13-15-23-27(17-19)35-25-11-7-5-9-21(25)30-32-24-16-14-20(4-2)18-28(24)36-26-12-8-6-10-22(26)29(34(32)36)31(23)33(30)35/h5-18H,3-4H2,1-2H3. The third-order valence-electron chi connectivity index (χ3n) is 8.68. The largest absolute Gasteiger partial charge is 0.308 e. The monoisotopic (exact) mass is 460 g/mol. The summed E-state index contributed by atoms with van der Waals surface area (Å²) >= 11 is 0. The molecule has 2 heteroatoms. The first-order valence-corrected chi connectivity index (χ1v) is 13.1. The first kappa shape index (κ1) is 19.0. The van der Waals surface area contributed by atoms with E-state index in [-0.39, 0.29) is 0 Å². The maximum absolute atomic E-state index is 2.55. The van der Waals surface area contributed by atoms with Crippen LogP contribution in [0.3, 0.4) is 0 Å². The maximum Gasteiger partial charge on any atom is 0.0634 e. The predicted molar refractivity (Wildman–Crippen MR) is 155 cm³/mol. The van der Waals surface area contributed by atoms with E-state index in [2.05, 4.69) is 108 Å². The zero-order valence-corrected chi connectivity index (χ0v) is 20.4. The van der Waals surface area contributed by atoms with E-state index in [1.807, 2.05) is 0 Å². The molecule has 36 heavy (non-hydrogen) atoms. The lowest BCUT2D eigenvalue weighted by molar-refractivity contribution is 1.14. The molecule has 9 rings (SSSR count). The number of para-hydroxylation sites is 2. The molecule has 0 radical (unpaired) electrons. The van der Waals surface area contributed by atoms with Crippen LogP contribution in [-0.2, 0) is 12.8 Å². The lowest BCUT2D eigenvalue weighted by Crippen LogP contribution is -1.83. The quantitative estimate of drug-likeness (QED) is 0.243. The summed E-state index contributed by atoms with van der Waals surface area (Å²) in [6.07, 6.45) is 2.08. The van der Waals surface area contributed by atoms with Gasteiger partial charge in [0, 0.05) is 43.1 Å². The van der Waals surface area contributed by atoms with E-state index < -0.39 is 0 Å². The number of aryl methyl sites for hydroxylation is 2. The van der Waals surface area contributed by atoms with Gasteiger partial charge in [-0.25, -0.2) is 0 Å². The first-order chi connectivity index (χ1) is 17.8. The average molecular weight is 461 g/mol. The predicted octanol–water partition coefficient (Wildman–Crippen LogP) is 9.11. The molecule has 0 bridgehead atoms. The van der Waals surface area contributed by atoms with E-state index in [0.29, 0.717) is 0 Å². The molecule has 4 aromatic heterocycles. The Morgan fingerprint density at radius 1 is 0.444 bits per heavy atom. The highest BCUT2D eigenvalue weighted by Crippen LogP contribution is 2.51. The van der Waals surface area contributed by atoms with Crippen molar-refractivity contribution in [2.24, 2.45) is 0 Å². The number of rotatable bonds is 2. The molecule has 0 unspecified atom stereocenters. The molecule has 0 amide bonds. The van der Waals surface area contributed by atoms with Crippen molar-refractivity contribution in [3.8, 4) is 0 Å². The van der Waals surface area contributed by atoms with Gasteiger partial charge in [-0.05, 0) is 48.2 Å². The molecule has 0 aliphatic carbocycles. The summed E-state index contributed by atoms with van der Waals surface area (Å²) in [5.41, 5.74) is 10.8. The number of nitrogens with zero attached hydrogens (tertiary/aromatic N) is 2. The third-order valence-corrected chi connectivity index (χ3v) is 8.68. The lowest BCUT2D eigenvalue weighted by Gasteiger charge is -2.03. The smallest absolute Gasteiger partial charge is 0.0634 e. The zero-order chi connectivity index (χ0) is 23.7. The van der Waals surface area contributed by atoms with Crippen LogP contribution in [0.15, 0.2) is 84.9 Å². The fourth-order valence-electron chi connectivity index (χ4n) is 7.11. The Morgan fingerprint density at radius 3 is 1.25 bits per heavy atom. The van der Waals surface area contributed by atoms with Gasteiger partial charge < -0.3 is 8.80 Å². The molecule has 170 valence electrons. The topological polar surface area (TPSA) is 8.82 Å². The van der Waals surface area contributed by atoms with Crippen molar-refractivity contribution in [1.82, 2.24) is 8.80 Å². The summed E-state index contributed by atoms with van der Waals surface area (Å²) in [5.74, 6) is 0. The molecule has 4 heterocycles. The molecule has 9 aromatic rings. The summed E-state index contributed by atoms with van der Waals surface area (Å²) in [5, 5.41) is 11.0. The van der Waals surface area contributed by atoms with Crippen molar-refractivity contribution in [2.45, 2.75) is 26.7 Å². The Bertz CT molecular complexity index is 2160. The van der Waals surface area contributed by atoms with Crippen molar-refractivity contribution in [3.05, 3.63) is 96.1 Å². The summed E-state index contributed by atoms with van der Waals surface area (Å²) < 4.78 is 5.10.